The van der Waals surface area contributed by atoms with Gasteiger partial charge in [-0.1, -0.05) is 6.07 Å². The number of pyridine rings is 1. The van der Waals surface area contributed by atoms with Gasteiger partial charge in [-0.25, -0.2) is 24.7 Å². The van der Waals surface area contributed by atoms with Crippen LogP contribution in [0.2, 0.25) is 0 Å². The van der Waals surface area contributed by atoms with E-state index in [4.69, 9.17) is 4.74 Å². The summed E-state index contributed by atoms with van der Waals surface area (Å²) in [5, 5.41) is 2.74. The second kappa shape index (κ2) is 8.83. The minimum Gasteiger partial charge on any atom is -0.381 e. The first-order chi connectivity index (χ1) is 18.6. The molecule has 1 saturated heterocycles. The van der Waals surface area contributed by atoms with E-state index in [2.05, 4.69) is 25.3 Å². The Bertz CT molecular complexity index is 1720. The summed E-state index contributed by atoms with van der Waals surface area (Å²) in [7, 11) is 1.52. The Labute approximate surface area is 217 Å². The number of hydrogen-bond donors (Lipinski definition) is 1. The molecule has 2 aliphatic rings. The minimum atomic E-state index is -4.67. The van der Waals surface area contributed by atoms with Crippen molar-refractivity contribution in [3.05, 3.63) is 63.6 Å². The lowest BCUT2D eigenvalue weighted by atomic mass is 10.1. The van der Waals surface area contributed by atoms with E-state index in [-0.39, 0.29) is 40.7 Å². The number of nitrogens with one attached hydrogen (secondary N) is 1. The molecular formula is C24H21F3N8O4. The molecule has 6 rings (SSSR count). The zero-order valence-corrected chi connectivity index (χ0v) is 20.5. The van der Waals surface area contributed by atoms with Gasteiger partial charge < -0.3 is 14.6 Å². The van der Waals surface area contributed by atoms with E-state index in [0.717, 1.165) is 17.0 Å². The fourth-order valence-electron chi connectivity index (χ4n) is 4.60. The van der Waals surface area contributed by atoms with Gasteiger partial charge in [0.1, 0.15) is 11.4 Å². The second-order valence-electron chi connectivity index (χ2n) is 9.63. The fraction of sp³-hybridized carbons (Fsp3) is 0.375. The summed E-state index contributed by atoms with van der Waals surface area (Å²) in [6, 6.07) is 4.67. The molecule has 0 atom stereocenters. The molecule has 12 nitrogen and oxygen atoms in total. The highest BCUT2D eigenvalue weighted by atomic mass is 19.4. The van der Waals surface area contributed by atoms with Gasteiger partial charge in [-0.3, -0.25) is 18.7 Å². The number of hydrogen-bond acceptors (Lipinski definition) is 8. The molecule has 0 bridgehead atoms. The highest BCUT2D eigenvalue weighted by molar-refractivity contribution is 5.99. The van der Waals surface area contributed by atoms with Crippen molar-refractivity contribution in [3.8, 4) is 11.3 Å². The van der Waals surface area contributed by atoms with Gasteiger partial charge in [0.15, 0.2) is 11.2 Å². The number of ether oxygens (including phenoxy) is 1. The highest BCUT2D eigenvalue weighted by Gasteiger charge is 2.53. The molecule has 39 heavy (non-hydrogen) atoms. The third-order valence-corrected chi connectivity index (χ3v) is 6.98. The van der Waals surface area contributed by atoms with E-state index in [1.54, 1.807) is 12.1 Å². The van der Waals surface area contributed by atoms with Crippen LogP contribution in [0.15, 0.2) is 46.5 Å². The van der Waals surface area contributed by atoms with Gasteiger partial charge >= 0.3 is 11.9 Å². The van der Waals surface area contributed by atoms with Crippen LogP contribution >= 0.6 is 0 Å². The van der Waals surface area contributed by atoms with Crippen LogP contribution in [-0.2, 0) is 34.8 Å². The molecule has 1 N–H and O–H groups in total. The summed E-state index contributed by atoms with van der Waals surface area (Å²) in [6.45, 7) is 1.13. The van der Waals surface area contributed by atoms with Crippen LogP contribution in [0.4, 0.5) is 19.0 Å². The summed E-state index contributed by atoms with van der Waals surface area (Å²) < 4.78 is 47.5. The minimum absolute atomic E-state index is 0.0517. The molecule has 15 heteroatoms. The smallest absolute Gasteiger partial charge is 0.381 e. The van der Waals surface area contributed by atoms with Gasteiger partial charge in [0.2, 0.25) is 5.82 Å². The summed E-state index contributed by atoms with van der Waals surface area (Å²) >= 11 is 0. The number of rotatable bonds is 6. The average molecular weight is 542 g/mol. The summed E-state index contributed by atoms with van der Waals surface area (Å²) in [5.74, 6) is -1.50. The molecule has 0 radical (unpaired) electrons. The normalized spacial score (nSPS) is 16.7. The van der Waals surface area contributed by atoms with Crippen LogP contribution in [0, 0.1) is 5.92 Å². The van der Waals surface area contributed by atoms with Gasteiger partial charge in [-0.05, 0) is 25.0 Å². The van der Waals surface area contributed by atoms with Crippen LogP contribution in [0.5, 0.6) is 0 Å². The topological polar surface area (TPSA) is 139 Å². The molecule has 0 spiro atoms. The number of amides is 1. The molecular weight excluding hydrogens is 521 g/mol. The standard InChI is InChI=1S/C24H21F3N8O4/c1-33-18-17(19(36)34(22(33)38)9-13-10-39-11-13)35(12-30-18)23(5-6-23)21(37)32-16-4-2-3-15(31-16)14-7-28-20(29-8-14)24(25,26)27/h2-4,7-8,12-13H,5-6,9-11H2,1H3,(H,31,32,37). The number of imidazole rings is 1. The van der Waals surface area contributed by atoms with Crippen molar-refractivity contribution in [2.75, 3.05) is 18.5 Å². The van der Waals surface area contributed by atoms with E-state index in [1.165, 1.54) is 28.6 Å². The number of nitrogens with zero attached hydrogens (tertiary/aromatic N) is 7. The van der Waals surface area contributed by atoms with E-state index in [1.807, 2.05) is 0 Å². The summed E-state index contributed by atoms with van der Waals surface area (Å²) in [5.41, 5.74) is -1.32. The molecule has 202 valence electrons. The number of aromatic nitrogens is 7. The largest absolute Gasteiger partial charge is 0.451 e. The summed E-state index contributed by atoms with van der Waals surface area (Å²) in [6.07, 6.45) is -0.411. The Kier molecular flexibility index (Phi) is 5.64. The number of carbonyl (C=O) groups is 1. The Hall–Kier alpha value is -4.40. The van der Waals surface area contributed by atoms with Crippen molar-refractivity contribution in [2.45, 2.75) is 31.1 Å². The van der Waals surface area contributed by atoms with Gasteiger partial charge in [-0.15, -0.1) is 0 Å². The van der Waals surface area contributed by atoms with Crippen molar-refractivity contribution < 1.29 is 22.7 Å². The van der Waals surface area contributed by atoms with Crippen molar-refractivity contribution in [1.29, 1.82) is 0 Å². The van der Waals surface area contributed by atoms with Crippen molar-refractivity contribution >= 4 is 22.9 Å². The van der Waals surface area contributed by atoms with Crippen LogP contribution < -0.4 is 16.6 Å². The Balaban J connectivity index is 1.30. The van der Waals surface area contributed by atoms with Crippen molar-refractivity contribution in [3.63, 3.8) is 0 Å². The number of halogens is 3. The van der Waals surface area contributed by atoms with Gasteiger partial charge in [0.05, 0.1) is 25.2 Å². The Morgan fingerprint density at radius 1 is 1.15 bits per heavy atom. The lowest BCUT2D eigenvalue weighted by Gasteiger charge is -2.26. The predicted octanol–water partition coefficient (Wildman–Crippen LogP) is 1.54. The third-order valence-electron chi connectivity index (χ3n) is 6.98. The molecule has 4 aromatic rings. The van der Waals surface area contributed by atoms with E-state index < -0.39 is 34.7 Å². The second-order valence-corrected chi connectivity index (χ2v) is 9.63. The van der Waals surface area contributed by atoms with Gasteiger partial charge in [0, 0.05) is 37.5 Å². The van der Waals surface area contributed by atoms with Gasteiger partial charge in [0.25, 0.3) is 11.5 Å². The quantitative estimate of drug-likeness (QED) is 0.387. The first kappa shape index (κ1) is 24.9. The van der Waals surface area contributed by atoms with E-state index in [0.29, 0.717) is 26.1 Å². The van der Waals surface area contributed by atoms with E-state index in [9.17, 15) is 27.6 Å². The molecule has 1 aliphatic heterocycles. The maximum atomic E-state index is 13.5. The first-order valence-electron chi connectivity index (χ1n) is 12.0. The molecule has 0 aromatic carbocycles. The maximum absolute atomic E-state index is 13.5. The molecule has 4 aromatic heterocycles. The number of alkyl halides is 3. The van der Waals surface area contributed by atoms with Gasteiger partial charge in [-0.2, -0.15) is 13.2 Å². The number of aryl methyl sites for hydroxylation is 1. The lowest BCUT2D eigenvalue weighted by molar-refractivity contribution is -0.145. The molecule has 1 aliphatic carbocycles. The van der Waals surface area contributed by atoms with Crippen LogP contribution in [0.25, 0.3) is 22.4 Å². The van der Waals surface area contributed by atoms with Crippen molar-refractivity contribution in [2.24, 2.45) is 13.0 Å². The first-order valence-corrected chi connectivity index (χ1v) is 12.0. The van der Waals surface area contributed by atoms with Crippen LogP contribution in [0.3, 0.4) is 0 Å². The number of anilines is 1. The highest BCUT2D eigenvalue weighted by Crippen LogP contribution is 2.45. The predicted molar refractivity (Wildman–Crippen MR) is 130 cm³/mol. The summed E-state index contributed by atoms with van der Waals surface area (Å²) in [4.78, 5) is 55.0. The Morgan fingerprint density at radius 3 is 2.49 bits per heavy atom. The third kappa shape index (κ3) is 4.18. The average Bonchev–Trinajstić information content (AvgIpc) is 3.57. The fourth-order valence-corrected chi connectivity index (χ4v) is 4.60. The molecule has 1 saturated carbocycles. The SMILES string of the molecule is Cn1c(=O)n(CC2COC2)c(=O)c2c1ncn2C1(C(=O)Nc2cccc(-c3cnc(C(F)(F)F)nc3)n2)CC1. The number of carbonyl (C=O) groups excluding carboxylic acids is 1. The maximum Gasteiger partial charge on any atom is 0.451 e. The zero-order valence-electron chi connectivity index (χ0n) is 20.5. The Morgan fingerprint density at radius 2 is 1.87 bits per heavy atom. The number of fused-ring (bicyclic) bond motifs is 1. The molecule has 2 fully saturated rings. The van der Waals surface area contributed by atoms with E-state index >= 15 is 0 Å². The molecule has 0 unspecified atom stereocenters. The molecule has 5 heterocycles. The van der Waals surface area contributed by atoms with Crippen LogP contribution in [0.1, 0.15) is 18.7 Å². The monoisotopic (exact) mass is 542 g/mol. The zero-order chi connectivity index (χ0) is 27.5. The molecule has 1 amide bonds. The van der Waals surface area contributed by atoms with Crippen LogP contribution in [-0.4, -0.2) is 52.8 Å². The van der Waals surface area contributed by atoms with Crippen molar-refractivity contribution in [1.82, 2.24) is 33.6 Å². The lowest BCUT2D eigenvalue weighted by Crippen LogP contribution is -2.45.